The van der Waals surface area contributed by atoms with Gasteiger partial charge in [0.15, 0.2) is 0 Å². The first-order chi connectivity index (χ1) is 22.7. The summed E-state index contributed by atoms with van der Waals surface area (Å²) in [7, 11) is 0. The van der Waals surface area contributed by atoms with Crippen molar-refractivity contribution in [1.82, 2.24) is 0 Å². The maximum atomic E-state index is 6.77. The molecule has 0 radical (unpaired) electrons. The van der Waals surface area contributed by atoms with Crippen LogP contribution in [0.3, 0.4) is 0 Å². The average molecular weight is 613 g/mol. The molecule has 0 atom stereocenters. The lowest BCUT2D eigenvalue weighted by molar-refractivity contribution is 0.669. The molecule has 0 amide bonds. The third-order valence-electron chi connectivity index (χ3n) is 8.27. The lowest BCUT2D eigenvalue weighted by atomic mass is 10.0. The fourth-order valence-electron chi connectivity index (χ4n) is 6.19. The number of hydrogen-bond donors (Lipinski definition) is 0. The number of halogens is 1. The van der Waals surface area contributed by atoms with E-state index in [0.29, 0.717) is 5.02 Å². The molecule has 0 fully saturated rings. The van der Waals surface area contributed by atoms with Gasteiger partial charge in [0.1, 0.15) is 11.2 Å². The summed E-state index contributed by atoms with van der Waals surface area (Å²) in [5.74, 6) is 0. The summed E-state index contributed by atoms with van der Waals surface area (Å²) in [6.45, 7) is 0. The van der Waals surface area contributed by atoms with E-state index in [4.69, 9.17) is 16.0 Å². The Morgan fingerprint density at radius 1 is 0.391 bits per heavy atom. The van der Waals surface area contributed by atoms with Gasteiger partial charge in [0.2, 0.25) is 0 Å². The van der Waals surface area contributed by atoms with Gasteiger partial charge in [-0.25, -0.2) is 0 Å². The van der Waals surface area contributed by atoms with Crippen molar-refractivity contribution in [3.05, 3.63) is 181 Å². The number of fused-ring (bicyclic) bond motifs is 3. The van der Waals surface area contributed by atoms with Crippen LogP contribution in [0.15, 0.2) is 180 Å². The van der Waals surface area contributed by atoms with E-state index in [1.54, 1.807) is 0 Å². The van der Waals surface area contributed by atoms with E-state index in [1.165, 1.54) is 11.1 Å². The Hall–Kier alpha value is -5.77. The fraction of sp³-hybridized carbons (Fsp3) is 0. The Morgan fingerprint density at radius 3 is 1.46 bits per heavy atom. The van der Waals surface area contributed by atoms with Crippen molar-refractivity contribution in [3.63, 3.8) is 0 Å². The number of hydrogen-bond acceptors (Lipinski definition) is 3. The van der Waals surface area contributed by atoms with Crippen LogP contribution >= 0.6 is 11.6 Å². The molecule has 0 saturated carbocycles. The van der Waals surface area contributed by atoms with Gasteiger partial charge >= 0.3 is 0 Å². The maximum absolute atomic E-state index is 6.77. The van der Waals surface area contributed by atoms with E-state index < -0.39 is 0 Å². The van der Waals surface area contributed by atoms with Crippen molar-refractivity contribution < 1.29 is 4.42 Å². The highest BCUT2D eigenvalue weighted by molar-refractivity contribution is 6.32. The van der Waals surface area contributed by atoms with Gasteiger partial charge < -0.3 is 14.2 Å². The zero-order chi connectivity index (χ0) is 30.9. The van der Waals surface area contributed by atoms with E-state index in [2.05, 4.69) is 149 Å². The lowest BCUT2D eigenvalue weighted by Crippen LogP contribution is -2.10. The summed E-state index contributed by atoms with van der Waals surface area (Å²) in [5, 5.41) is 2.63. The molecule has 0 saturated heterocycles. The smallest absolute Gasteiger partial charge is 0.139 e. The molecule has 4 heteroatoms. The number of para-hydroxylation sites is 3. The second kappa shape index (κ2) is 12.0. The van der Waals surface area contributed by atoms with E-state index in [1.807, 2.05) is 36.4 Å². The van der Waals surface area contributed by atoms with E-state index in [0.717, 1.165) is 56.1 Å². The van der Waals surface area contributed by atoms with Crippen molar-refractivity contribution in [2.24, 2.45) is 0 Å². The van der Waals surface area contributed by atoms with Gasteiger partial charge in [0.05, 0.1) is 11.1 Å². The van der Waals surface area contributed by atoms with E-state index in [9.17, 15) is 0 Å². The minimum absolute atomic E-state index is 0.614. The Morgan fingerprint density at radius 2 is 0.870 bits per heavy atom. The van der Waals surface area contributed by atoms with Crippen LogP contribution in [0.1, 0.15) is 0 Å². The Bertz CT molecular complexity index is 2210. The van der Waals surface area contributed by atoms with E-state index >= 15 is 0 Å². The molecule has 0 aliphatic heterocycles. The van der Waals surface area contributed by atoms with Crippen LogP contribution in [-0.2, 0) is 0 Å². The molecule has 0 spiro atoms. The van der Waals surface area contributed by atoms with Crippen molar-refractivity contribution in [1.29, 1.82) is 0 Å². The topological polar surface area (TPSA) is 19.6 Å². The fourth-order valence-corrected chi connectivity index (χ4v) is 6.40. The summed E-state index contributed by atoms with van der Waals surface area (Å²) in [5.41, 5.74) is 10.1. The van der Waals surface area contributed by atoms with Gasteiger partial charge in [-0.05, 0) is 83.9 Å². The van der Waals surface area contributed by atoms with Gasteiger partial charge in [0.25, 0.3) is 0 Å². The highest BCUT2D eigenvalue weighted by Gasteiger charge is 2.22. The number of benzene rings is 7. The minimum atomic E-state index is 0.614. The molecule has 1 aromatic heterocycles. The normalized spacial score (nSPS) is 11.2. The highest BCUT2D eigenvalue weighted by atomic mass is 35.5. The number of nitrogens with zero attached hydrogens (tertiary/aromatic N) is 2. The van der Waals surface area contributed by atoms with Gasteiger partial charge in [0, 0.05) is 44.9 Å². The molecule has 8 aromatic rings. The Balaban J connectivity index is 1.33. The zero-order valence-electron chi connectivity index (χ0n) is 24.9. The third-order valence-corrected chi connectivity index (χ3v) is 8.49. The van der Waals surface area contributed by atoms with Crippen LogP contribution in [0.2, 0.25) is 5.02 Å². The summed E-state index contributed by atoms with van der Waals surface area (Å²) < 4.78 is 6.48. The largest absolute Gasteiger partial charge is 0.456 e. The molecular weight excluding hydrogens is 584 g/mol. The van der Waals surface area contributed by atoms with Crippen LogP contribution in [-0.4, -0.2) is 0 Å². The SMILES string of the molecule is Clc1cc(N(c2ccccc2)c2ccccc2)c2c(c1)oc1ccc(N(c3ccccc3)c3ccc(-c4ccccc4)cc3)cc12. The number of rotatable bonds is 7. The summed E-state index contributed by atoms with van der Waals surface area (Å²) in [6.07, 6.45) is 0. The molecule has 1 heterocycles. The molecule has 3 nitrogen and oxygen atoms in total. The molecule has 0 aliphatic carbocycles. The Labute approximate surface area is 273 Å². The summed E-state index contributed by atoms with van der Waals surface area (Å²) >= 11 is 6.77. The van der Waals surface area contributed by atoms with Crippen LogP contribution in [0, 0.1) is 0 Å². The first-order valence-electron chi connectivity index (χ1n) is 15.3. The summed E-state index contributed by atoms with van der Waals surface area (Å²) in [6, 6.07) is 60.8. The number of anilines is 6. The third kappa shape index (κ3) is 5.17. The monoisotopic (exact) mass is 612 g/mol. The van der Waals surface area contributed by atoms with Crippen LogP contribution in [0.25, 0.3) is 33.1 Å². The first-order valence-corrected chi connectivity index (χ1v) is 15.7. The van der Waals surface area contributed by atoms with Crippen molar-refractivity contribution in [3.8, 4) is 11.1 Å². The van der Waals surface area contributed by atoms with Crippen LogP contribution in [0.4, 0.5) is 34.1 Å². The highest BCUT2D eigenvalue weighted by Crippen LogP contribution is 2.46. The zero-order valence-corrected chi connectivity index (χ0v) is 25.7. The molecule has 0 N–H and O–H groups in total. The minimum Gasteiger partial charge on any atom is -0.456 e. The molecule has 0 aliphatic rings. The second-order valence-electron chi connectivity index (χ2n) is 11.2. The maximum Gasteiger partial charge on any atom is 0.139 e. The molecule has 0 bridgehead atoms. The van der Waals surface area contributed by atoms with Gasteiger partial charge in [-0.1, -0.05) is 109 Å². The molecule has 220 valence electrons. The molecule has 0 unspecified atom stereocenters. The van der Waals surface area contributed by atoms with Crippen molar-refractivity contribution in [2.75, 3.05) is 9.80 Å². The number of furan rings is 1. The van der Waals surface area contributed by atoms with Crippen LogP contribution < -0.4 is 9.80 Å². The van der Waals surface area contributed by atoms with Gasteiger partial charge in [-0.15, -0.1) is 0 Å². The predicted octanol–water partition coefficient (Wildman–Crippen LogP) is 12.8. The molecule has 46 heavy (non-hydrogen) atoms. The lowest BCUT2D eigenvalue weighted by Gasteiger charge is -2.27. The summed E-state index contributed by atoms with van der Waals surface area (Å²) in [4.78, 5) is 4.53. The Kier molecular flexibility index (Phi) is 7.22. The average Bonchev–Trinajstić information content (AvgIpc) is 3.48. The van der Waals surface area contributed by atoms with Gasteiger partial charge in [-0.2, -0.15) is 0 Å². The molecular formula is C42H29ClN2O. The first kappa shape index (κ1) is 27.8. The molecule has 7 aromatic carbocycles. The standard InChI is InChI=1S/C42H29ClN2O/c43-32-27-39(45(34-17-9-3-10-18-34)35-19-11-4-12-20-35)42-38-29-37(25-26-40(38)46-41(42)28-32)44(33-15-7-2-8-16-33)36-23-21-31(22-24-36)30-13-5-1-6-14-30/h1-29H. The van der Waals surface area contributed by atoms with E-state index in [-0.39, 0.29) is 0 Å². The van der Waals surface area contributed by atoms with Crippen molar-refractivity contribution >= 4 is 67.7 Å². The van der Waals surface area contributed by atoms with Crippen molar-refractivity contribution in [2.45, 2.75) is 0 Å². The predicted molar refractivity (Wildman–Crippen MR) is 194 cm³/mol. The quantitative estimate of drug-likeness (QED) is 0.178. The van der Waals surface area contributed by atoms with Gasteiger partial charge in [-0.3, -0.25) is 0 Å². The van der Waals surface area contributed by atoms with Crippen LogP contribution in [0.5, 0.6) is 0 Å². The second-order valence-corrected chi connectivity index (χ2v) is 11.6. The molecule has 8 rings (SSSR count).